The van der Waals surface area contributed by atoms with Crippen LogP contribution >= 0.6 is 0 Å². The zero-order valence-corrected chi connectivity index (χ0v) is 6.64. The van der Waals surface area contributed by atoms with E-state index >= 15 is 0 Å². The van der Waals surface area contributed by atoms with E-state index in [2.05, 4.69) is 16.4 Å². The fourth-order valence-corrected chi connectivity index (χ4v) is 0.167. The van der Waals surface area contributed by atoms with Gasteiger partial charge in [-0.3, -0.25) is 0 Å². The van der Waals surface area contributed by atoms with Crippen molar-refractivity contribution in [1.82, 2.24) is 0 Å². The largest absolute Gasteiger partial charge is 0.382 e. The lowest BCUT2D eigenvalue weighted by molar-refractivity contribution is 0.103. The molecule has 0 atom stereocenters. The molecule has 9 heavy (non-hydrogen) atoms. The minimum Gasteiger partial charge on any atom is -0.382 e. The molecule has 0 rings (SSSR count). The smallest absolute Gasteiger partial charge is 0.0696 e. The molecule has 0 heterocycles. The van der Waals surface area contributed by atoms with Crippen molar-refractivity contribution in [2.45, 2.75) is 13.3 Å². The van der Waals surface area contributed by atoms with Crippen molar-refractivity contribution >= 4 is 0 Å². The molecule has 0 aromatic heterocycles. The van der Waals surface area contributed by atoms with Crippen LogP contribution < -0.4 is 0 Å². The third-order valence-corrected chi connectivity index (χ3v) is 0.492. The standard InChI is InChI=1S/C4H10O2.C3H7/c1-5-3-4-6-2;1-3-2/h3-4H2,1-2H3;1,3H2,2H3. The molecule has 0 saturated carbocycles. The lowest BCUT2D eigenvalue weighted by atomic mass is 10.6. The molecule has 0 aromatic carbocycles. The topological polar surface area (TPSA) is 18.5 Å². The van der Waals surface area contributed by atoms with Gasteiger partial charge in [-0.25, -0.2) is 0 Å². The van der Waals surface area contributed by atoms with Crippen molar-refractivity contribution < 1.29 is 9.47 Å². The van der Waals surface area contributed by atoms with Gasteiger partial charge in [-0.2, -0.15) is 0 Å². The second-order valence-electron chi connectivity index (χ2n) is 1.49. The first kappa shape index (κ1) is 11.7. The van der Waals surface area contributed by atoms with E-state index in [-0.39, 0.29) is 0 Å². The maximum atomic E-state index is 4.66. The van der Waals surface area contributed by atoms with Crippen molar-refractivity contribution in [2.75, 3.05) is 27.4 Å². The number of hydrogen-bond acceptors (Lipinski definition) is 2. The monoisotopic (exact) mass is 133 g/mol. The van der Waals surface area contributed by atoms with Crippen LogP contribution in [0, 0.1) is 6.92 Å². The first-order valence-electron chi connectivity index (χ1n) is 3.10. The van der Waals surface area contributed by atoms with Gasteiger partial charge in [0.05, 0.1) is 13.2 Å². The molecule has 0 amide bonds. The van der Waals surface area contributed by atoms with Gasteiger partial charge in [-0.15, -0.1) is 0 Å². The Morgan fingerprint density at radius 2 is 1.33 bits per heavy atom. The summed E-state index contributed by atoms with van der Waals surface area (Å²) in [7, 11) is 3.30. The summed E-state index contributed by atoms with van der Waals surface area (Å²) in [5, 5.41) is 0. The molecular formula is C7H17O2. The third kappa shape index (κ3) is 32.6. The molecule has 0 aliphatic heterocycles. The van der Waals surface area contributed by atoms with E-state index in [1.54, 1.807) is 14.2 Å². The molecule has 1 radical (unpaired) electrons. The molecule has 0 spiro atoms. The molecule has 0 aliphatic carbocycles. The lowest BCUT2D eigenvalue weighted by Crippen LogP contribution is -1.96. The maximum Gasteiger partial charge on any atom is 0.0696 e. The highest BCUT2D eigenvalue weighted by molar-refractivity contribution is 4.18. The highest BCUT2D eigenvalue weighted by Gasteiger charge is 1.73. The van der Waals surface area contributed by atoms with Crippen LogP contribution in [0.25, 0.3) is 0 Å². The lowest BCUT2D eigenvalue weighted by Gasteiger charge is -1.91. The fraction of sp³-hybridized carbons (Fsp3) is 0.857. The summed E-state index contributed by atoms with van der Waals surface area (Å²) in [5.74, 6) is 0. The molecule has 0 aliphatic rings. The number of ether oxygens (including phenoxy) is 2. The Labute approximate surface area is 58.2 Å². The highest BCUT2D eigenvalue weighted by atomic mass is 16.5. The van der Waals surface area contributed by atoms with E-state index in [1.165, 1.54) is 0 Å². The van der Waals surface area contributed by atoms with Gasteiger partial charge in [0, 0.05) is 14.2 Å². The molecule has 0 unspecified atom stereocenters. The SMILES string of the molecule is COCCOC.[CH2]CC. The van der Waals surface area contributed by atoms with E-state index in [4.69, 9.17) is 0 Å². The van der Waals surface area contributed by atoms with E-state index in [0.29, 0.717) is 13.2 Å². The Hall–Kier alpha value is -0.0800. The predicted octanol–water partition coefficient (Wildman–Crippen LogP) is 1.51. The van der Waals surface area contributed by atoms with Crippen LogP contribution in [-0.2, 0) is 9.47 Å². The van der Waals surface area contributed by atoms with Gasteiger partial charge in [0.2, 0.25) is 0 Å². The van der Waals surface area contributed by atoms with Gasteiger partial charge in [0.15, 0.2) is 0 Å². The van der Waals surface area contributed by atoms with Gasteiger partial charge in [-0.05, 0) is 0 Å². The zero-order valence-electron chi connectivity index (χ0n) is 6.64. The van der Waals surface area contributed by atoms with Crippen molar-refractivity contribution in [1.29, 1.82) is 0 Å². The van der Waals surface area contributed by atoms with Crippen LogP contribution in [0.5, 0.6) is 0 Å². The van der Waals surface area contributed by atoms with Crippen molar-refractivity contribution in [3.8, 4) is 0 Å². The molecular weight excluding hydrogens is 116 g/mol. The highest BCUT2D eigenvalue weighted by Crippen LogP contribution is 1.65. The van der Waals surface area contributed by atoms with Crippen molar-refractivity contribution in [3.63, 3.8) is 0 Å². The van der Waals surface area contributed by atoms with Gasteiger partial charge >= 0.3 is 0 Å². The first-order valence-corrected chi connectivity index (χ1v) is 3.10. The van der Waals surface area contributed by atoms with Gasteiger partial charge < -0.3 is 9.47 Å². The van der Waals surface area contributed by atoms with E-state index < -0.39 is 0 Å². The number of methoxy groups -OCH3 is 2. The molecule has 0 aromatic rings. The Balaban J connectivity index is 0. The molecule has 0 N–H and O–H groups in total. The van der Waals surface area contributed by atoms with Crippen LogP contribution in [0.3, 0.4) is 0 Å². The van der Waals surface area contributed by atoms with E-state index in [1.807, 2.05) is 6.92 Å². The molecule has 0 fully saturated rings. The van der Waals surface area contributed by atoms with Crippen LogP contribution in [0.2, 0.25) is 0 Å². The summed E-state index contributed by atoms with van der Waals surface area (Å²) in [6, 6.07) is 0. The predicted molar refractivity (Wildman–Crippen MR) is 39.4 cm³/mol. The second kappa shape index (κ2) is 15.7. The van der Waals surface area contributed by atoms with Crippen LogP contribution in [-0.4, -0.2) is 27.4 Å². The average Bonchev–Trinajstić information content (AvgIpc) is 1.86. The fourth-order valence-electron chi connectivity index (χ4n) is 0.167. The Kier molecular flexibility index (Phi) is 20.3. The molecule has 2 nitrogen and oxygen atoms in total. The van der Waals surface area contributed by atoms with E-state index in [9.17, 15) is 0 Å². The van der Waals surface area contributed by atoms with Gasteiger partial charge in [0.1, 0.15) is 0 Å². The van der Waals surface area contributed by atoms with Crippen molar-refractivity contribution in [3.05, 3.63) is 6.92 Å². The average molecular weight is 133 g/mol. The summed E-state index contributed by atoms with van der Waals surface area (Å²) in [4.78, 5) is 0. The molecule has 57 valence electrons. The first-order chi connectivity index (χ1) is 4.33. The Morgan fingerprint density at radius 1 is 1.11 bits per heavy atom. The number of hydrogen-bond donors (Lipinski definition) is 0. The second-order valence-corrected chi connectivity index (χ2v) is 1.49. The van der Waals surface area contributed by atoms with Crippen LogP contribution in [0.4, 0.5) is 0 Å². The summed E-state index contributed by atoms with van der Waals surface area (Å²) in [6.07, 6.45) is 1.00. The van der Waals surface area contributed by atoms with Crippen molar-refractivity contribution in [2.24, 2.45) is 0 Å². The summed E-state index contributed by atoms with van der Waals surface area (Å²) in [5.41, 5.74) is 0. The zero-order chi connectivity index (χ0) is 7.54. The summed E-state index contributed by atoms with van der Waals surface area (Å²) in [6.45, 7) is 6.88. The van der Waals surface area contributed by atoms with Gasteiger partial charge in [0.25, 0.3) is 0 Å². The normalized spacial score (nSPS) is 8.00. The Morgan fingerprint density at radius 3 is 1.44 bits per heavy atom. The Bertz CT molecular complexity index is 26.1. The van der Waals surface area contributed by atoms with E-state index in [0.717, 1.165) is 6.42 Å². The minimum atomic E-state index is 0.691. The van der Waals surface area contributed by atoms with Gasteiger partial charge in [-0.1, -0.05) is 20.3 Å². The minimum absolute atomic E-state index is 0.691. The molecule has 0 bridgehead atoms. The summed E-state index contributed by atoms with van der Waals surface area (Å²) < 4.78 is 9.31. The van der Waals surface area contributed by atoms with Crippen LogP contribution in [0.15, 0.2) is 0 Å². The number of rotatable bonds is 3. The maximum absolute atomic E-state index is 4.66. The van der Waals surface area contributed by atoms with Crippen LogP contribution in [0.1, 0.15) is 13.3 Å². The third-order valence-electron chi connectivity index (χ3n) is 0.492. The molecule has 2 heteroatoms. The molecule has 0 saturated heterocycles. The quantitative estimate of drug-likeness (QED) is 0.543. The summed E-state index contributed by atoms with van der Waals surface area (Å²) >= 11 is 0.